The third kappa shape index (κ3) is 3.83. The molecule has 5 nitrogen and oxygen atoms in total. The summed E-state index contributed by atoms with van der Waals surface area (Å²) >= 11 is 0. The molecule has 0 aliphatic carbocycles. The number of likely N-dealkylation sites (N-methyl/N-ethyl adjacent to an activating group) is 1. The highest BCUT2D eigenvalue weighted by Gasteiger charge is 2.29. The summed E-state index contributed by atoms with van der Waals surface area (Å²) in [5.41, 5.74) is 1.22. The normalized spacial score (nSPS) is 21.3. The molecule has 2 aliphatic rings. The van der Waals surface area contributed by atoms with E-state index in [1.54, 1.807) is 0 Å². The van der Waals surface area contributed by atoms with Crippen molar-refractivity contribution in [3.8, 4) is 0 Å². The average molecular weight is 316 g/mol. The van der Waals surface area contributed by atoms with Gasteiger partial charge in [0, 0.05) is 44.8 Å². The first kappa shape index (κ1) is 16.2. The highest BCUT2D eigenvalue weighted by Crippen LogP contribution is 2.25. The quantitative estimate of drug-likeness (QED) is 0.834. The SMILES string of the molecule is Cc1cccnc1N1CCC(C(=O)N2CCCN(C)CC2)CC1. The highest BCUT2D eigenvalue weighted by atomic mass is 16.2. The number of carbonyl (C=O) groups is 1. The van der Waals surface area contributed by atoms with Crippen LogP contribution in [0, 0.1) is 12.8 Å². The number of piperidine rings is 1. The molecular weight excluding hydrogens is 288 g/mol. The number of hydrogen-bond donors (Lipinski definition) is 0. The van der Waals surface area contributed by atoms with E-state index < -0.39 is 0 Å². The predicted molar refractivity (Wildman–Crippen MR) is 92.6 cm³/mol. The molecule has 23 heavy (non-hydrogen) atoms. The number of carbonyl (C=O) groups excluding carboxylic acids is 1. The summed E-state index contributed by atoms with van der Waals surface area (Å²) in [6.07, 6.45) is 4.84. The van der Waals surface area contributed by atoms with E-state index in [0.29, 0.717) is 5.91 Å². The minimum atomic E-state index is 0.193. The Labute approximate surface area is 139 Å². The average Bonchev–Trinajstić information content (AvgIpc) is 2.79. The van der Waals surface area contributed by atoms with Crippen LogP contribution in [-0.4, -0.2) is 67.0 Å². The summed E-state index contributed by atoms with van der Waals surface area (Å²) < 4.78 is 0. The van der Waals surface area contributed by atoms with Gasteiger partial charge in [-0.15, -0.1) is 0 Å². The van der Waals surface area contributed by atoms with E-state index in [9.17, 15) is 4.79 Å². The van der Waals surface area contributed by atoms with Gasteiger partial charge in [0.1, 0.15) is 5.82 Å². The number of rotatable bonds is 2. The molecule has 0 radical (unpaired) electrons. The molecule has 0 unspecified atom stereocenters. The summed E-state index contributed by atoms with van der Waals surface area (Å²) in [6.45, 7) is 7.87. The molecule has 0 bridgehead atoms. The lowest BCUT2D eigenvalue weighted by Gasteiger charge is -2.35. The number of nitrogens with zero attached hydrogens (tertiary/aromatic N) is 4. The first-order valence-corrected chi connectivity index (χ1v) is 8.79. The Morgan fingerprint density at radius 3 is 2.65 bits per heavy atom. The van der Waals surface area contributed by atoms with Gasteiger partial charge < -0.3 is 14.7 Å². The smallest absolute Gasteiger partial charge is 0.225 e. The van der Waals surface area contributed by atoms with Gasteiger partial charge in [0.2, 0.25) is 5.91 Å². The van der Waals surface area contributed by atoms with E-state index >= 15 is 0 Å². The van der Waals surface area contributed by atoms with Crippen molar-refractivity contribution in [1.29, 1.82) is 0 Å². The van der Waals surface area contributed by atoms with Crippen molar-refractivity contribution in [3.05, 3.63) is 23.9 Å². The molecule has 1 amide bonds. The molecule has 0 aromatic carbocycles. The zero-order valence-electron chi connectivity index (χ0n) is 14.4. The lowest BCUT2D eigenvalue weighted by molar-refractivity contribution is -0.136. The number of aryl methyl sites for hydroxylation is 1. The van der Waals surface area contributed by atoms with Gasteiger partial charge in [0.15, 0.2) is 0 Å². The van der Waals surface area contributed by atoms with Gasteiger partial charge in [-0.1, -0.05) is 6.07 Å². The Bertz CT molecular complexity index is 540. The third-order valence-electron chi connectivity index (χ3n) is 5.16. The second kappa shape index (κ2) is 7.30. The minimum Gasteiger partial charge on any atom is -0.356 e. The van der Waals surface area contributed by atoms with Crippen LogP contribution in [0.1, 0.15) is 24.8 Å². The van der Waals surface area contributed by atoms with Crippen molar-refractivity contribution in [2.75, 3.05) is 51.2 Å². The van der Waals surface area contributed by atoms with Crippen LogP contribution in [0.15, 0.2) is 18.3 Å². The molecule has 2 fully saturated rings. The van der Waals surface area contributed by atoms with E-state index in [4.69, 9.17) is 0 Å². The third-order valence-corrected chi connectivity index (χ3v) is 5.16. The second-order valence-electron chi connectivity index (χ2n) is 6.89. The van der Waals surface area contributed by atoms with Crippen LogP contribution in [-0.2, 0) is 4.79 Å². The summed E-state index contributed by atoms with van der Waals surface area (Å²) in [7, 11) is 2.14. The Hall–Kier alpha value is -1.62. The minimum absolute atomic E-state index is 0.193. The van der Waals surface area contributed by atoms with Crippen LogP contribution < -0.4 is 4.90 Å². The molecule has 3 heterocycles. The van der Waals surface area contributed by atoms with Gasteiger partial charge in [-0.2, -0.15) is 0 Å². The molecular formula is C18H28N4O. The molecule has 1 aromatic heterocycles. The number of aromatic nitrogens is 1. The highest BCUT2D eigenvalue weighted by molar-refractivity contribution is 5.79. The molecule has 126 valence electrons. The predicted octanol–water partition coefficient (Wildman–Crippen LogP) is 1.77. The van der Waals surface area contributed by atoms with Crippen LogP contribution in [0.5, 0.6) is 0 Å². The van der Waals surface area contributed by atoms with Crippen molar-refractivity contribution in [2.45, 2.75) is 26.2 Å². The van der Waals surface area contributed by atoms with E-state index in [2.05, 4.69) is 39.7 Å². The molecule has 1 aromatic rings. The first-order valence-electron chi connectivity index (χ1n) is 8.79. The summed E-state index contributed by atoms with van der Waals surface area (Å²) in [6, 6.07) is 4.08. The Morgan fingerprint density at radius 2 is 1.91 bits per heavy atom. The molecule has 2 aliphatic heterocycles. The molecule has 0 atom stereocenters. The second-order valence-corrected chi connectivity index (χ2v) is 6.89. The fourth-order valence-corrected chi connectivity index (χ4v) is 3.67. The van der Waals surface area contributed by atoms with E-state index in [-0.39, 0.29) is 5.92 Å². The van der Waals surface area contributed by atoms with Gasteiger partial charge in [-0.3, -0.25) is 4.79 Å². The molecule has 0 spiro atoms. The maximum atomic E-state index is 12.8. The van der Waals surface area contributed by atoms with Crippen LogP contribution >= 0.6 is 0 Å². The summed E-state index contributed by atoms with van der Waals surface area (Å²) in [4.78, 5) is 24.0. The number of anilines is 1. The van der Waals surface area contributed by atoms with Crippen LogP contribution in [0.4, 0.5) is 5.82 Å². The molecule has 0 saturated carbocycles. The Morgan fingerprint density at radius 1 is 1.13 bits per heavy atom. The van der Waals surface area contributed by atoms with E-state index in [1.807, 2.05) is 12.3 Å². The topological polar surface area (TPSA) is 39.7 Å². The van der Waals surface area contributed by atoms with Crippen LogP contribution in [0.2, 0.25) is 0 Å². The van der Waals surface area contributed by atoms with Gasteiger partial charge in [0.05, 0.1) is 0 Å². The summed E-state index contributed by atoms with van der Waals surface area (Å²) in [5.74, 6) is 1.64. The first-order chi connectivity index (χ1) is 11.1. The maximum Gasteiger partial charge on any atom is 0.225 e. The Kier molecular flexibility index (Phi) is 5.16. The van der Waals surface area contributed by atoms with Gasteiger partial charge >= 0.3 is 0 Å². The lowest BCUT2D eigenvalue weighted by Crippen LogP contribution is -2.44. The van der Waals surface area contributed by atoms with Gasteiger partial charge in [-0.05, 0) is 51.4 Å². The monoisotopic (exact) mass is 316 g/mol. The fourth-order valence-electron chi connectivity index (χ4n) is 3.67. The van der Waals surface area contributed by atoms with Gasteiger partial charge in [-0.25, -0.2) is 4.98 Å². The van der Waals surface area contributed by atoms with E-state index in [0.717, 1.165) is 64.3 Å². The van der Waals surface area contributed by atoms with Crippen LogP contribution in [0.25, 0.3) is 0 Å². The number of hydrogen-bond acceptors (Lipinski definition) is 4. The zero-order chi connectivity index (χ0) is 16.2. The van der Waals surface area contributed by atoms with Gasteiger partial charge in [0.25, 0.3) is 0 Å². The largest absolute Gasteiger partial charge is 0.356 e. The van der Waals surface area contributed by atoms with Crippen molar-refractivity contribution >= 4 is 11.7 Å². The Balaban J connectivity index is 1.56. The van der Waals surface area contributed by atoms with Crippen molar-refractivity contribution in [3.63, 3.8) is 0 Å². The molecule has 5 heteroatoms. The molecule has 3 rings (SSSR count). The van der Waals surface area contributed by atoms with Crippen molar-refractivity contribution in [1.82, 2.24) is 14.8 Å². The summed E-state index contributed by atoms with van der Waals surface area (Å²) in [5, 5.41) is 0. The fraction of sp³-hybridized carbons (Fsp3) is 0.667. The molecule has 0 N–H and O–H groups in total. The van der Waals surface area contributed by atoms with Crippen LogP contribution in [0.3, 0.4) is 0 Å². The van der Waals surface area contributed by atoms with Crippen molar-refractivity contribution in [2.24, 2.45) is 5.92 Å². The lowest BCUT2D eigenvalue weighted by atomic mass is 9.95. The zero-order valence-corrected chi connectivity index (χ0v) is 14.4. The molecule has 2 saturated heterocycles. The maximum absolute atomic E-state index is 12.8. The van der Waals surface area contributed by atoms with E-state index in [1.165, 1.54) is 5.56 Å². The standard InChI is InChI=1S/C18H28N4O/c1-15-5-3-8-19-17(15)21-11-6-16(7-12-21)18(23)22-10-4-9-20(2)13-14-22/h3,5,8,16H,4,6-7,9-14H2,1-2H3. The number of amides is 1. The number of pyridine rings is 1. The van der Waals surface area contributed by atoms with Crippen molar-refractivity contribution < 1.29 is 4.79 Å².